The maximum atomic E-state index is 12.0. The topological polar surface area (TPSA) is 58.4 Å². The van der Waals surface area contributed by atoms with Crippen LogP contribution < -0.4 is 11.2 Å². The third kappa shape index (κ3) is 2.49. The predicted octanol–water partition coefficient (Wildman–Crippen LogP) is 0.775. The van der Waals surface area contributed by atoms with E-state index in [1.54, 1.807) is 0 Å². The van der Waals surface area contributed by atoms with Gasteiger partial charge in [0.25, 0.3) is 5.91 Å². The molecule has 15 heavy (non-hydrogen) atoms. The highest BCUT2D eigenvalue weighted by Gasteiger charge is 2.37. The molecule has 86 valence electrons. The number of nitrogens with one attached hydrogen (secondary N) is 1. The van der Waals surface area contributed by atoms with E-state index in [1.165, 1.54) is 19.3 Å². The third-order valence-electron chi connectivity index (χ3n) is 3.56. The van der Waals surface area contributed by atoms with Crippen molar-refractivity contribution in [3.63, 3.8) is 0 Å². The lowest BCUT2D eigenvalue weighted by molar-refractivity contribution is -0.131. The molecule has 1 heterocycles. The third-order valence-corrected chi connectivity index (χ3v) is 3.56. The average molecular weight is 211 g/mol. The maximum Gasteiger partial charge on any atom is 0.254 e. The second-order valence-corrected chi connectivity index (χ2v) is 4.85. The first kappa shape index (κ1) is 10.9. The van der Waals surface area contributed by atoms with E-state index < -0.39 is 5.54 Å². The van der Waals surface area contributed by atoms with Crippen LogP contribution in [0, 0.1) is 0 Å². The van der Waals surface area contributed by atoms with Crippen molar-refractivity contribution in [3.05, 3.63) is 0 Å². The van der Waals surface area contributed by atoms with Crippen molar-refractivity contribution in [2.45, 2.75) is 50.5 Å². The minimum absolute atomic E-state index is 0.0295. The van der Waals surface area contributed by atoms with Crippen molar-refractivity contribution >= 4 is 5.91 Å². The number of hydrogen-bond acceptors (Lipinski definition) is 3. The van der Waals surface area contributed by atoms with E-state index in [-0.39, 0.29) is 5.91 Å². The van der Waals surface area contributed by atoms with Crippen molar-refractivity contribution in [1.82, 2.24) is 10.4 Å². The van der Waals surface area contributed by atoms with E-state index in [1.807, 2.05) is 5.01 Å². The smallest absolute Gasteiger partial charge is 0.254 e. The van der Waals surface area contributed by atoms with Gasteiger partial charge in [0.2, 0.25) is 0 Å². The van der Waals surface area contributed by atoms with Gasteiger partial charge in [0.1, 0.15) is 0 Å². The Morgan fingerprint density at radius 2 is 1.67 bits per heavy atom. The fourth-order valence-corrected chi connectivity index (χ4v) is 2.49. The van der Waals surface area contributed by atoms with Gasteiger partial charge in [-0.2, -0.15) is 0 Å². The molecule has 0 aromatic rings. The molecule has 0 aromatic heterocycles. The minimum atomic E-state index is -0.586. The Balaban J connectivity index is 1.85. The highest BCUT2D eigenvalue weighted by atomic mass is 16.2. The molecule has 1 saturated carbocycles. The molecule has 0 spiro atoms. The Bertz CT molecular complexity index is 230. The summed E-state index contributed by atoms with van der Waals surface area (Å²) < 4.78 is 0. The molecule has 1 aliphatic heterocycles. The molecule has 2 aliphatic rings. The van der Waals surface area contributed by atoms with E-state index in [4.69, 9.17) is 5.73 Å². The first-order valence-electron chi connectivity index (χ1n) is 6.06. The zero-order chi connectivity index (χ0) is 10.7. The standard InChI is InChI=1S/C11H21N3O/c12-11(6-2-3-7-11)10(15)13-14-8-4-1-5-9-14/h1-9,12H2,(H,13,15). The van der Waals surface area contributed by atoms with Gasteiger partial charge in [-0.05, 0) is 25.7 Å². The Hall–Kier alpha value is -0.610. The van der Waals surface area contributed by atoms with Gasteiger partial charge in [-0.1, -0.05) is 19.3 Å². The van der Waals surface area contributed by atoms with Crippen LogP contribution in [-0.4, -0.2) is 29.5 Å². The van der Waals surface area contributed by atoms with Crippen LogP contribution in [0.4, 0.5) is 0 Å². The summed E-state index contributed by atoms with van der Waals surface area (Å²) in [6, 6.07) is 0. The van der Waals surface area contributed by atoms with Crippen molar-refractivity contribution in [2.24, 2.45) is 5.73 Å². The molecule has 1 amide bonds. The lowest BCUT2D eigenvalue weighted by Gasteiger charge is -2.31. The lowest BCUT2D eigenvalue weighted by Crippen LogP contribution is -2.57. The van der Waals surface area contributed by atoms with Crippen molar-refractivity contribution in [2.75, 3.05) is 13.1 Å². The number of piperidine rings is 1. The zero-order valence-corrected chi connectivity index (χ0v) is 9.30. The quantitative estimate of drug-likeness (QED) is 0.709. The molecule has 0 unspecified atom stereocenters. The SMILES string of the molecule is NC1(C(=O)NN2CCCCC2)CCCC1. The fourth-order valence-electron chi connectivity index (χ4n) is 2.49. The minimum Gasteiger partial charge on any atom is -0.317 e. The highest BCUT2D eigenvalue weighted by molar-refractivity contribution is 5.85. The van der Waals surface area contributed by atoms with E-state index in [0.29, 0.717) is 0 Å². The van der Waals surface area contributed by atoms with Crippen molar-refractivity contribution in [1.29, 1.82) is 0 Å². The number of nitrogens with two attached hydrogens (primary N) is 1. The Kier molecular flexibility index (Phi) is 3.26. The molecule has 4 nitrogen and oxygen atoms in total. The molecule has 0 aromatic carbocycles. The van der Waals surface area contributed by atoms with Gasteiger partial charge in [0, 0.05) is 13.1 Å². The van der Waals surface area contributed by atoms with E-state index >= 15 is 0 Å². The first-order chi connectivity index (χ1) is 7.21. The molecule has 0 atom stereocenters. The molecule has 2 rings (SSSR count). The summed E-state index contributed by atoms with van der Waals surface area (Å²) in [5, 5.41) is 2.03. The maximum absolute atomic E-state index is 12.0. The Labute approximate surface area is 91.2 Å². The van der Waals surface area contributed by atoms with E-state index in [9.17, 15) is 4.79 Å². The summed E-state index contributed by atoms with van der Waals surface area (Å²) in [4.78, 5) is 12.0. The van der Waals surface area contributed by atoms with Gasteiger partial charge >= 0.3 is 0 Å². The van der Waals surface area contributed by atoms with Gasteiger partial charge in [-0.25, -0.2) is 5.01 Å². The molecule has 0 radical (unpaired) electrons. The molecule has 1 saturated heterocycles. The van der Waals surface area contributed by atoms with Crippen LogP contribution in [0.2, 0.25) is 0 Å². The summed E-state index contributed by atoms with van der Waals surface area (Å²) in [6.45, 7) is 1.95. The van der Waals surface area contributed by atoms with Crippen LogP contribution in [0.1, 0.15) is 44.9 Å². The van der Waals surface area contributed by atoms with Crippen LogP contribution in [-0.2, 0) is 4.79 Å². The molecular formula is C11H21N3O. The van der Waals surface area contributed by atoms with Crippen LogP contribution in [0.3, 0.4) is 0 Å². The van der Waals surface area contributed by atoms with E-state index in [2.05, 4.69) is 5.43 Å². The lowest BCUT2D eigenvalue weighted by atomic mass is 9.98. The fraction of sp³-hybridized carbons (Fsp3) is 0.909. The predicted molar refractivity (Wildman–Crippen MR) is 59.0 cm³/mol. The van der Waals surface area contributed by atoms with Gasteiger partial charge in [-0.3, -0.25) is 10.2 Å². The number of carbonyl (C=O) groups is 1. The monoisotopic (exact) mass is 211 g/mol. The number of carbonyl (C=O) groups excluding carboxylic acids is 1. The summed E-state index contributed by atoms with van der Waals surface area (Å²) in [5.41, 5.74) is 8.47. The molecule has 4 heteroatoms. The van der Waals surface area contributed by atoms with Crippen LogP contribution >= 0.6 is 0 Å². The summed E-state index contributed by atoms with van der Waals surface area (Å²) in [7, 11) is 0. The number of nitrogens with zero attached hydrogens (tertiary/aromatic N) is 1. The van der Waals surface area contributed by atoms with Gasteiger partial charge in [0.05, 0.1) is 5.54 Å². The molecule has 3 N–H and O–H groups in total. The zero-order valence-electron chi connectivity index (χ0n) is 9.30. The molecular weight excluding hydrogens is 190 g/mol. The molecule has 2 fully saturated rings. The number of amides is 1. The van der Waals surface area contributed by atoms with Gasteiger partial charge in [-0.15, -0.1) is 0 Å². The second-order valence-electron chi connectivity index (χ2n) is 4.85. The molecule has 0 bridgehead atoms. The normalized spacial score (nSPS) is 26.5. The largest absolute Gasteiger partial charge is 0.317 e. The summed E-state index contributed by atoms with van der Waals surface area (Å²) >= 11 is 0. The Morgan fingerprint density at radius 1 is 1.07 bits per heavy atom. The summed E-state index contributed by atoms with van der Waals surface area (Å²) in [5.74, 6) is 0.0295. The van der Waals surface area contributed by atoms with Crippen LogP contribution in [0.5, 0.6) is 0 Å². The number of rotatable bonds is 2. The van der Waals surface area contributed by atoms with Gasteiger partial charge < -0.3 is 5.73 Å². The van der Waals surface area contributed by atoms with Crippen molar-refractivity contribution in [3.8, 4) is 0 Å². The number of hydrazine groups is 1. The van der Waals surface area contributed by atoms with Gasteiger partial charge in [0.15, 0.2) is 0 Å². The highest BCUT2D eigenvalue weighted by Crippen LogP contribution is 2.27. The van der Waals surface area contributed by atoms with E-state index in [0.717, 1.165) is 38.8 Å². The first-order valence-corrected chi connectivity index (χ1v) is 6.06. The summed E-state index contributed by atoms with van der Waals surface area (Å²) in [6.07, 6.45) is 7.49. The van der Waals surface area contributed by atoms with Crippen molar-refractivity contribution < 1.29 is 4.79 Å². The van der Waals surface area contributed by atoms with Crippen LogP contribution in [0.25, 0.3) is 0 Å². The molecule has 1 aliphatic carbocycles. The Morgan fingerprint density at radius 3 is 2.27 bits per heavy atom. The number of hydrogen-bond donors (Lipinski definition) is 2. The average Bonchev–Trinajstić information content (AvgIpc) is 2.68. The van der Waals surface area contributed by atoms with Crippen LogP contribution in [0.15, 0.2) is 0 Å². The second kappa shape index (κ2) is 4.49.